The summed E-state index contributed by atoms with van der Waals surface area (Å²) in [4.78, 5) is 28.4. The second-order valence-electron chi connectivity index (χ2n) is 9.16. The molecule has 0 saturated heterocycles. The molecule has 3 rings (SSSR count). The van der Waals surface area contributed by atoms with Crippen LogP contribution in [-0.4, -0.2) is 43.8 Å². The molecular formula is C29H35N3O4S. The monoisotopic (exact) mass is 521 g/mol. The Bertz CT molecular complexity index is 1280. The number of nitrogens with one attached hydrogen (secondary N) is 1. The topological polar surface area (TPSA) is 86.8 Å². The number of anilines is 1. The molecule has 2 amide bonds. The molecule has 0 radical (unpaired) electrons. The van der Waals surface area contributed by atoms with Crippen LogP contribution in [0.2, 0.25) is 0 Å². The molecule has 37 heavy (non-hydrogen) atoms. The predicted octanol–water partition coefficient (Wildman–Crippen LogP) is 4.52. The molecule has 0 aromatic heterocycles. The summed E-state index contributed by atoms with van der Waals surface area (Å²) in [6.45, 7) is 7.13. The first-order valence-corrected chi connectivity index (χ1v) is 13.9. The van der Waals surface area contributed by atoms with Crippen molar-refractivity contribution in [3.63, 3.8) is 0 Å². The molecular weight excluding hydrogens is 486 g/mol. The quantitative estimate of drug-likeness (QED) is 0.402. The van der Waals surface area contributed by atoms with E-state index in [1.165, 1.54) is 17.0 Å². The maximum atomic E-state index is 13.8. The number of carbonyl (C=O) groups is 2. The van der Waals surface area contributed by atoms with Gasteiger partial charge in [-0.1, -0.05) is 73.2 Å². The molecule has 0 aliphatic heterocycles. The maximum absolute atomic E-state index is 13.8. The average molecular weight is 522 g/mol. The highest BCUT2D eigenvalue weighted by molar-refractivity contribution is 7.92. The van der Waals surface area contributed by atoms with Crippen molar-refractivity contribution in [2.24, 2.45) is 0 Å². The van der Waals surface area contributed by atoms with Gasteiger partial charge in [-0.05, 0) is 57.0 Å². The van der Waals surface area contributed by atoms with Crippen molar-refractivity contribution >= 4 is 27.5 Å². The lowest BCUT2D eigenvalue weighted by molar-refractivity contribution is -0.139. The number of amides is 2. The van der Waals surface area contributed by atoms with Crippen LogP contribution in [-0.2, 0) is 26.2 Å². The van der Waals surface area contributed by atoms with Crippen molar-refractivity contribution in [2.75, 3.05) is 10.8 Å². The van der Waals surface area contributed by atoms with E-state index >= 15 is 0 Å². The lowest BCUT2D eigenvalue weighted by atomic mass is 10.1. The molecule has 3 aromatic rings. The summed E-state index contributed by atoms with van der Waals surface area (Å²) in [5.74, 6) is -0.763. The van der Waals surface area contributed by atoms with E-state index in [0.717, 1.165) is 21.9 Å². The second-order valence-corrected chi connectivity index (χ2v) is 11.0. The summed E-state index contributed by atoms with van der Waals surface area (Å²) in [6.07, 6.45) is 0.752. The van der Waals surface area contributed by atoms with Crippen molar-refractivity contribution in [3.05, 3.63) is 96.1 Å². The molecule has 0 spiro atoms. The fraction of sp³-hybridized carbons (Fsp3) is 0.310. The molecule has 0 heterocycles. The predicted molar refractivity (Wildman–Crippen MR) is 147 cm³/mol. The van der Waals surface area contributed by atoms with Crippen LogP contribution < -0.4 is 9.62 Å². The Kier molecular flexibility index (Phi) is 9.47. The minimum atomic E-state index is -4.06. The Morgan fingerprint density at radius 2 is 1.43 bits per heavy atom. The Morgan fingerprint density at radius 3 is 2.00 bits per heavy atom. The van der Waals surface area contributed by atoms with Gasteiger partial charge in [0.2, 0.25) is 11.8 Å². The van der Waals surface area contributed by atoms with Gasteiger partial charge in [0.1, 0.15) is 12.6 Å². The smallest absolute Gasteiger partial charge is 0.264 e. The number of benzene rings is 3. The molecule has 0 saturated carbocycles. The molecule has 0 aliphatic carbocycles. The first kappa shape index (κ1) is 27.9. The zero-order chi connectivity index (χ0) is 27.0. The zero-order valence-corrected chi connectivity index (χ0v) is 22.6. The molecule has 8 heteroatoms. The van der Waals surface area contributed by atoms with Crippen LogP contribution in [0.3, 0.4) is 0 Å². The molecule has 2 unspecified atom stereocenters. The van der Waals surface area contributed by atoms with Crippen molar-refractivity contribution in [2.45, 2.75) is 57.6 Å². The van der Waals surface area contributed by atoms with Gasteiger partial charge in [-0.25, -0.2) is 8.42 Å². The summed E-state index contributed by atoms with van der Waals surface area (Å²) in [7, 11) is -4.06. The van der Waals surface area contributed by atoms with E-state index in [1.807, 2.05) is 51.1 Å². The molecule has 7 nitrogen and oxygen atoms in total. The van der Waals surface area contributed by atoms with E-state index in [4.69, 9.17) is 0 Å². The van der Waals surface area contributed by atoms with Crippen LogP contribution in [0.5, 0.6) is 0 Å². The summed E-state index contributed by atoms with van der Waals surface area (Å²) < 4.78 is 28.6. The Labute approximate surface area is 220 Å². The van der Waals surface area contributed by atoms with Gasteiger partial charge in [0.15, 0.2) is 0 Å². The third-order valence-corrected chi connectivity index (χ3v) is 8.08. The number of carbonyl (C=O) groups excluding carboxylic acids is 2. The van der Waals surface area contributed by atoms with E-state index in [1.54, 1.807) is 49.4 Å². The van der Waals surface area contributed by atoms with Crippen LogP contribution in [0, 0.1) is 6.92 Å². The minimum absolute atomic E-state index is 0.0497. The number of aryl methyl sites for hydroxylation is 1. The van der Waals surface area contributed by atoms with Crippen LogP contribution in [0.4, 0.5) is 5.69 Å². The summed E-state index contributed by atoms with van der Waals surface area (Å²) in [6, 6.07) is 23.5. The van der Waals surface area contributed by atoms with E-state index in [9.17, 15) is 18.0 Å². The highest BCUT2D eigenvalue weighted by Gasteiger charge is 2.32. The summed E-state index contributed by atoms with van der Waals surface area (Å²) in [5, 5.41) is 2.93. The minimum Gasteiger partial charge on any atom is -0.352 e. The standard InChI is InChI=1S/C29H35N3O4S/c1-5-23(3)30-29(34)24(4)31(20-25-12-8-6-9-13-25)28(33)21-32(26-14-10-7-11-15-26)37(35,36)27-18-16-22(2)17-19-27/h6-19,23-24H,5,20-21H2,1-4H3,(H,30,34). The third kappa shape index (κ3) is 7.20. The highest BCUT2D eigenvalue weighted by Crippen LogP contribution is 2.24. The fourth-order valence-electron chi connectivity index (χ4n) is 3.79. The van der Waals surface area contributed by atoms with E-state index < -0.39 is 28.5 Å². The molecule has 0 aliphatic rings. The van der Waals surface area contributed by atoms with Crippen LogP contribution in [0.15, 0.2) is 89.8 Å². The van der Waals surface area contributed by atoms with Crippen molar-refractivity contribution in [1.82, 2.24) is 10.2 Å². The van der Waals surface area contributed by atoms with Gasteiger partial charge in [0.25, 0.3) is 10.0 Å². The molecule has 2 atom stereocenters. The lowest BCUT2D eigenvalue weighted by Gasteiger charge is -2.32. The number of rotatable bonds is 11. The van der Waals surface area contributed by atoms with E-state index in [0.29, 0.717) is 5.69 Å². The molecule has 3 aromatic carbocycles. The molecule has 1 N–H and O–H groups in total. The fourth-order valence-corrected chi connectivity index (χ4v) is 5.20. The SMILES string of the molecule is CCC(C)NC(=O)C(C)N(Cc1ccccc1)C(=O)CN(c1ccccc1)S(=O)(=O)c1ccc(C)cc1. The first-order valence-electron chi connectivity index (χ1n) is 12.4. The number of nitrogens with zero attached hydrogens (tertiary/aromatic N) is 2. The van der Waals surface area contributed by atoms with Gasteiger partial charge in [-0.3, -0.25) is 13.9 Å². The van der Waals surface area contributed by atoms with Gasteiger partial charge < -0.3 is 10.2 Å². The Hall–Kier alpha value is -3.65. The highest BCUT2D eigenvalue weighted by atomic mass is 32.2. The zero-order valence-electron chi connectivity index (χ0n) is 21.8. The number of hydrogen-bond acceptors (Lipinski definition) is 4. The molecule has 196 valence electrons. The Morgan fingerprint density at radius 1 is 0.865 bits per heavy atom. The number of sulfonamides is 1. The lowest BCUT2D eigenvalue weighted by Crippen LogP contribution is -2.52. The maximum Gasteiger partial charge on any atom is 0.264 e. The largest absolute Gasteiger partial charge is 0.352 e. The van der Waals surface area contributed by atoms with Crippen LogP contribution >= 0.6 is 0 Å². The normalized spacial score (nSPS) is 12.9. The Balaban J connectivity index is 1.98. The first-order chi connectivity index (χ1) is 17.6. The van der Waals surface area contributed by atoms with Gasteiger partial charge in [0.05, 0.1) is 10.6 Å². The van der Waals surface area contributed by atoms with Crippen LogP contribution in [0.1, 0.15) is 38.3 Å². The van der Waals surface area contributed by atoms with Gasteiger partial charge in [-0.2, -0.15) is 0 Å². The van der Waals surface area contributed by atoms with Gasteiger partial charge in [-0.15, -0.1) is 0 Å². The molecule has 0 bridgehead atoms. The van der Waals surface area contributed by atoms with E-state index in [2.05, 4.69) is 5.32 Å². The second kappa shape index (κ2) is 12.5. The van der Waals surface area contributed by atoms with Crippen molar-refractivity contribution in [3.8, 4) is 0 Å². The van der Waals surface area contributed by atoms with Crippen molar-refractivity contribution in [1.29, 1.82) is 0 Å². The van der Waals surface area contributed by atoms with Crippen molar-refractivity contribution < 1.29 is 18.0 Å². The number of para-hydroxylation sites is 1. The summed E-state index contributed by atoms with van der Waals surface area (Å²) in [5.41, 5.74) is 2.14. The summed E-state index contributed by atoms with van der Waals surface area (Å²) >= 11 is 0. The van der Waals surface area contributed by atoms with Gasteiger partial charge in [0, 0.05) is 12.6 Å². The van der Waals surface area contributed by atoms with Gasteiger partial charge >= 0.3 is 0 Å². The average Bonchev–Trinajstić information content (AvgIpc) is 2.91. The van der Waals surface area contributed by atoms with E-state index in [-0.39, 0.29) is 23.4 Å². The van der Waals surface area contributed by atoms with Crippen LogP contribution in [0.25, 0.3) is 0 Å². The molecule has 0 fully saturated rings. The number of hydrogen-bond donors (Lipinski definition) is 1. The third-order valence-electron chi connectivity index (χ3n) is 6.30.